The molecule has 0 radical (unpaired) electrons. The molecule has 0 aliphatic heterocycles. The zero-order valence-corrected chi connectivity index (χ0v) is 19.2. The molecule has 2 aromatic carbocycles. The van der Waals surface area contributed by atoms with Crippen molar-refractivity contribution in [3.05, 3.63) is 45.9 Å². The fourth-order valence-corrected chi connectivity index (χ4v) is 3.22. The van der Waals surface area contributed by atoms with Gasteiger partial charge >= 0.3 is 0 Å². The first-order chi connectivity index (χ1) is 14.5. The number of halogens is 1. The van der Waals surface area contributed by atoms with Crippen LogP contribution in [0.5, 0.6) is 23.0 Å². The molecule has 0 unspecified atom stereocenters. The van der Waals surface area contributed by atoms with Crippen LogP contribution in [0.2, 0.25) is 0 Å². The third-order valence-electron chi connectivity index (χ3n) is 3.88. The molecule has 0 saturated heterocycles. The van der Waals surface area contributed by atoms with Gasteiger partial charge in [-0.15, -0.1) is 0 Å². The Labute approximate surface area is 185 Å². The maximum Gasteiger partial charge on any atom is 0.271 e. The number of nitrogens with zero attached hydrogens (tertiary/aromatic N) is 1. The van der Waals surface area contributed by atoms with E-state index in [0.29, 0.717) is 48.4 Å². The number of hydrogen-bond acceptors (Lipinski definition) is 6. The van der Waals surface area contributed by atoms with Gasteiger partial charge in [-0.25, -0.2) is 5.43 Å². The van der Waals surface area contributed by atoms with Gasteiger partial charge in [0.2, 0.25) is 0 Å². The molecular formula is C22H27BrN2O5. The number of nitrogens with one attached hydrogen (secondary N) is 1. The Bertz CT molecular complexity index is 886. The van der Waals surface area contributed by atoms with Crippen molar-refractivity contribution in [3.63, 3.8) is 0 Å². The van der Waals surface area contributed by atoms with Gasteiger partial charge < -0.3 is 18.9 Å². The third kappa shape index (κ3) is 6.38. The number of carbonyl (C=O) groups is 1. The van der Waals surface area contributed by atoms with E-state index in [0.717, 1.165) is 16.5 Å². The number of hydrogen-bond donors (Lipinski definition) is 1. The lowest BCUT2D eigenvalue weighted by atomic mass is 10.2. The molecule has 0 heterocycles. The summed E-state index contributed by atoms with van der Waals surface area (Å²) in [7, 11) is 1.58. The van der Waals surface area contributed by atoms with Gasteiger partial charge in [-0.2, -0.15) is 5.10 Å². The SMILES string of the molecule is CCCOc1ccc(C(=O)N/N=C/c2cc(Br)c(OC)c(OCC)c2)cc1OCC. The summed E-state index contributed by atoms with van der Waals surface area (Å²) in [4.78, 5) is 12.5. The van der Waals surface area contributed by atoms with Crippen molar-refractivity contribution in [1.29, 1.82) is 0 Å². The molecule has 0 saturated carbocycles. The van der Waals surface area contributed by atoms with E-state index in [4.69, 9.17) is 18.9 Å². The molecule has 0 fully saturated rings. The number of carbonyl (C=O) groups excluding carboxylic acids is 1. The fraction of sp³-hybridized carbons (Fsp3) is 0.364. The van der Waals surface area contributed by atoms with Crippen molar-refractivity contribution in [2.75, 3.05) is 26.9 Å². The second-order valence-corrected chi connectivity index (χ2v) is 6.96. The van der Waals surface area contributed by atoms with Gasteiger partial charge in [0.25, 0.3) is 5.91 Å². The van der Waals surface area contributed by atoms with Gasteiger partial charge in [0.05, 0.1) is 37.6 Å². The summed E-state index contributed by atoms with van der Waals surface area (Å²) < 4.78 is 22.9. The van der Waals surface area contributed by atoms with Crippen LogP contribution < -0.4 is 24.4 Å². The zero-order valence-electron chi connectivity index (χ0n) is 17.7. The standard InChI is InChI=1S/C22H27BrN2O5/c1-5-10-30-18-9-8-16(13-19(18)28-6-2)22(26)25-24-14-15-11-17(23)21(27-4)20(12-15)29-7-3/h8-9,11-14H,5-7,10H2,1-4H3,(H,25,26)/b24-14+. The molecule has 0 atom stereocenters. The molecule has 1 N–H and O–H groups in total. The zero-order chi connectivity index (χ0) is 21.9. The van der Waals surface area contributed by atoms with Crippen LogP contribution in [0.1, 0.15) is 43.1 Å². The van der Waals surface area contributed by atoms with Crippen LogP contribution in [0.3, 0.4) is 0 Å². The van der Waals surface area contributed by atoms with E-state index >= 15 is 0 Å². The molecule has 2 aromatic rings. The number of hydrazone groups is 1. The van der Waals surface area contributed by atoms with E-state index in [1.807, 2.05) is 26.8 Å². The number of rotatable bonds is 11. The molecule has 2 rings (SSSR count). The number of ether oxygens (including phenoxy) is 4. The van der Waals surface area contributed by atoms with Gasteiger partial charge in [-0.3, -0.25) is 4.79 Å². The van der Waals surface area contributed by atoms with Crippen molar-refractivity contribution in [3.8, 4) is 23.0 Å². The molecule has 30 heavy (non-hydrogen) atoms. The van der Waals surface area contributed by atoms with Crippen LogP contribution in [-0.4, -0.2) is 39.1 Å². The summed E-state index contributed by atoms with van der Waals surface area (Å²) in [6.45, 7) is 7.35. The van der Waals surface area contributed by atoms with Gasteiger partial charge in [0.15, 0.2) is 23.0 Å². The Morgan fingerprint density at radius 1 is 1.03 bits per heavy atom. The quantitative estimate of drug-likeness (QED) is 0.370. The molecule has 162 valence electrons. The number of amides is 1. The summed E-state index contributed by atoms with van der Waals surface area (Å²) in [6, 6.07) is 8.67. The van der Waals surface area contributed by atoms with E-state index in [1.165, 1.54) is 6.21 Å². The summed E-state index contributed by atoms with van der Waals surface area (Å²) in [5.74, 6) is 1.98. The first-order valence-electron chi connectivity index (χ1n) is 9.77. The lowest BCUT2D eigenvalue weighted by molar-refractivity contribution is 0.0954. The fourth-order valence-electron chi connectivity index (χ4n) is 2.60. The maximum absolute atomic E-state index is 12.5. The van der Waals surface area contributed by atoms with Gasteiger partial charge in [-0.1, -0.05) is 6.92 Å². The van der Waals surface area contributed by atoms with Crippen molar-refractivity contribution in [1.82, 2.24) is 5.43 Å². The first kappa shape index (κ1) is 23.5. The predicted octanol–water partition coefficient (Wildman–Crippen LogP) is 4.81. The first-order valence-corrected chi connectivity index (χ1v) is 10.6. The molecule has 0 aliphatic rings. The molecule has 0 bridgehead atoms. The van der Waals surface area contributed by atoms with Crippen molar-refractivity contribution in [2.24, 2.45) is 5.10 Å². The topological polar surface area (TPSA) is 78.4 Å². The average Bonchev–Trinajstić information content (AvgIpc) is 2.73. The molecule has 7 nitrogen and oxygen atoms in total. The highest BCUT2D eigenvalue weighted by atomic mass is 79.9. The molecule has 0 spiro atoms. The second kappa shape index (κ2) is 12.1. The molecule has 8 heteroatoms. The molecule has 0 aliphatic carbocycles. The monoisotopic (exact) mass is 478 g/mol. The summed E-state index contributed by atoms with van der Waals surface area (Å²) in [5, 5.41) is 4.05. The Balaban J connectivity index is 2.13. The van der Waals surface area contributed by atoms with Crippen molar-refractivity contribution in [2.45, 2.75) is 27.2 Å². The molecule has 0 aromatic heterocycles. The minimum absolute atomic E-state index is 0.355. The average molecular weight is 479 g/mol. The molecule has 1 amide bonds. The maximum atomic E-state index is 12.5. The van der Waals surface area contributed by atoms with E-state index < -0.39 is 0 Å². The lowest BCUT2D eigenvalue weighted by Crippen LogP contribution is -2.17. The highest BCUT2D eigenvalue weighted by Crippen LogP contribution is 2.36. The van der Waals surface area contributed by atoms with Crippen molar-refractivity contribution < 1.29 is 23.7 Å². The Morgan fingerprint density at radius 2 is 1.77 bits per heavy atom. The minimum atomic E-state index is -0.355. The summed E-state index contributed by atoms with van der Waals surface area (Å²) >= 11 is 3.45. The largest absolute Gasteiger partial charge is 0.492 e. The molecular weight excluding hydrogens is 452 g/mol. The van der Waals surface area contributed by atoms with E-state index in [1.54, 1.807) is 31.4 Å². The van der Waals surface area contributed by atoms with E-state index in [2.05, 4.69) is 26.5 Å². The van der Waals surface area contributed by atoms with Crippen LogP contribution in [0, 0.1) is 0 Å². The Morgan fingerprint density at radius 3 is 2.43 bits per heavy atom. The number of benzene rings is 2. The Hall–Kier alpha value is -2.74. The van der Waals surface area contributed by atoms with Crippen LogP contribution in [0.15, 0.2) is 39.9 Å². The minimum Gasteiger partial charge on any atom is -0.492 e. The van der Waals surface area contributed by atoms with E-state index in [-0.39, 0.29) is 5.91 Å². The summed E-state index contributed by atoms with van der Waals surface area (Å²) in [6.07, 6.45) is 2.42. The Kier molecular flexibility index (Phi) is 9.47. The normalized spacial score (nSPS) is 10.7. The smallest absolute Gasteiger partial charge is 0.271 e. The third-order valence-corrected chi connectivity index (χ3v) is 4.47. The van der Waals surface area contributed by atoms with E-state index in [9.17, 15) is 4.79 Å². The lowest BCUT2D eigenvalue weighted by Gasteiger charge is -2.12. The van der Waals surface area contributed by atoms with Crippen LogP contribution in [-0.2, 0) is 0 Å². The summed E-state index contributed by atoms with van der Waals surface area (Å²) in [5.41, 5.74) is 3.69. The highest BCUT2D eigenvalue weighted by molar-refractivity contribution is 9.10. The predicted molar refractivity (Wildman–Crippen MR) is 120 cm³/mol. The van der Waals surface area contributed by atoms with Gasteiger partial charge in [0.1, 0.15) is 0 Å². The second-order valence-electron chi connectivity index (χ2n) is 6.11. The highest BCUT2D eigenvalue weighted by Gasteiger charge is 2.12. The van der Waals surface area contributed by atoms with Gasteiger partial charge in [0, 0.05) is 5.56 Å². The van der Waals surface area contributed by atoms with Crippen LogP contribution in [0.25, 0.3) is 0 Å². The van der Waals surface area contributed by atoms with Crippen molar-refractivity contribution >= 4 is 28.1 Å². The van der Waals surface area contributed by atoms with Crippen LogP contribution in [0.4, 0.5) is 0 Å². The van der Waals surface area contributed by atoms with Crippen LogP contribution >= 0.6 is 15.9 Å². The van der Waals surface area contributed by atoms with Gasteiger partial charge in [-0.05, 0) is 72.1 Å². The number of methoxy groups -OCH3 is 1.